The molecule has 11 atom stereocenters. The van der Waals surface area contributed by atoms with E-state index >= 15 is 0 Å². The van der Waals surface area contributed by atoms with Crippen molar-refractivity contribution in [2.45, 2.75) is 68.7 Å². The molecule has 0 aromatic heterocycles. The molecule has 0 spiro atoms. The van der Waals surface area contributed by atoms with Crippen molar-refractivity contribution in [1.29, 1.82) is 10.5 Å². The van der Waals surface area contributed by atoms with E-state index < -0.39 is 0 Å². The number of fused-ring (bicyclic) bond motifs is 6. The third-order valence-electron chi connectivity index (χ3n) is 12.2. The number of hydrogen-bond acceptors (Lipinski definition) is 4. The lowest BCUT2D eigenvalue weighted by Crippen LogP contribution is -2.44. The number of hydrogen-bond donors (Lipinski definition) is 0. The van der Waals surface area contributed by atoms with Gasteiger partial charge < -0.3 is 4.74 Å². The largest absolute Gasteiger partial charge is 0.366 e. The first kappa shape index (κ1) is 28.2. The summed E-state index contributed by atoms with van der Waals surface area (Å²) in [6.07, 6.45) is 31.6. The Morgan fingerprint density at radius 3 is 2.68 bits per heavy atom. The van der Waals surface area contributed by atoms with Gasteiger partial charge in [-0.25, -0.2) is 0 Å². The zero-order valence-electron chi connectivity index (χ0n) is 25.6. The average Bonchev–Trinajstić information content (AvgIpc) is 3.61. The van der Waals surface area contributed by atoms with Crippen LogP contribution in [0.1, 0.15) is 62.6 Å². The van der Waals surface area contributed by atoms with Crippen LogP contribution in [0.4, 0.5) is 0 Å². The average molecular weight is 597 g/mol. The zero-order chi connectivity index (χ0) is 30.0. The summed E-state index contributed by atoms with van der Waals surface area (Å²) in [5.41, 5.74) is 6.45. The smallest absolute Gasteiger partial charge is 0.0998 e. The lowest BCUT2D eigenvalue weighted by atomic mass is 9.54. The van der Waals surface area contributed by atoms with E-state index in [1.165, 1.54) is 29.6 Å². The maximum atomic E-state index is 10.3. The number of thioether (sulfide) groups is 1. The molecule has 5 aliphatic carbocycles. The van der Waals surface area contributed by atoms with Crippen LogP contribution in [0.2, 0.25) is 0 Å². The molecular formula is C40H40N2OS. The number of benzene rings is 1. The van der Waals surface area contributed by atoms with Gasteiger partial charge in [-0.2, -0.15) is 22.3 Å². The summed E-state index contributed by atoms with van der Waals surface area (Å²) in [4.78, 5) is 0. The van der Waals surface area contributed by atoms with E-state index in [9.17, 15) is 10.5 Å². The SMILES string of the molecule is CC1CC2SC3C=CC=CC3[C@H]2CC1(C)C1C=CC(C2C=C3C4C=CC=CC4O[C@@H]3CC2)=C(c2ccc(C#N)cc2C#N)C1. The molecule has 2 heterocycles. The highest BCUT2D eigenvalue weighted by atomic mass is 32.2. The monoisotopic (exact) mass is 596 g/mol. The zero-order valence-corrected chi connectivity index (χ0v) is 26.4. The Morgan fingerprint density at radius 1 is 0.977 bits per heavy atom. The van der Waals surface area contributed by atoms with Crippen LogP contribution < -0.4 is 0 Å². The summed E-state index contributed by atoms with van der Waals surface area (Å²) in [7, 11) is 0. The standard InChI is InChI=1S/C40H40N2OS/c1-24-17-39-35(32-8-4-6-10-38(32)44-39)21-40(24,2)28-13-15-29(33(20-28)30-14-11-25(22-41)18-27(30)23-42)26-12-16-37-34(19-26)31-7-3-5-9-36(31)43-37/h3-11,13-15,18-19,24,26,28,31-32,35-39H,12,16-17,20-21H2,1-2H3/t24?,26?,28?,31?,32?,35-,36?,37-,38?,39?,40?/m1/s1. The molecular weight excluding hydrogens is 557 g/mol. The maximum absolute atomic E-state index is 10.3. The maximum Gasteiger partial charge on any atom is 0.0998 e. The van der Waals surface area contributed by atoms with Crippen molar-refractivity contribution < 1.29 is 4.74 Å². The van der Waals surface area contributed by atoms with E-state index in [0.29, 0.717) is 51.9 Å². The molecule has 9 unspecified atom stereocenters. The highest BCUT2D eigenvalue weighted by molar-refractivity contribution is 8.01. The fourth-order valence-electron chi connectivity index (χ4n) is 9.63. The van der Waals surface area contributed by atoms with Gasteiger partial charge in [0.2, 0.25) is 0 Å². The van der Waals surface area contributed by atoms with E-state index in [0.717, 1.165) is 30.1 Å². The lowest BCUT2D eigenvalue weighted by molar-refractivity contribution is 0.0419. The molecule has 1 saturated carbocycles. The minimum atomic E-state index is 0.151. The number of rotatable bonds is 3. The van der Waals surface area contributed by atoms with Gasteiger partial charge >= 0.3 is 0 Å². The van der Waals surface area contributed by atoms with Crippen molar-refractivity contribution in [2.24, 2.45) is 40.9 Å². The highest BCUT2D eigenvalue weighted by Gasteiger charge is 2.53. The quantitative estimate of drug-likeness (QED) is 0.327. The second kappa shape index (κ2) is 10.9. The summed E-state index contributed by atoms with van der Waals surface area (Å²) in [5, 5.41) is 21.3. The Bertz CT molecular complexity index is 1670. The summed E-state index contributed by atoms with van der Waals surface area (Å²) >= 11 is 2.22. The Morgan fingerprint density at radius 2 is 1.82 bits per heavy atom. The van der Waals surface area contributed by atoms with Gasteiger partial charge in [0, 0.05) is 22.3 Å². The summed E-state index contributed by atoms with van der Waals surface area (Å²) in [6.45, 7) is 5.05. The first-order valence-corrected chi connectivity index (χ1v) is 17.5. The van der Waals surface area contributed by atoms with E-state index in [-0.39, 0.29) is 17.6 Å². The van der Waals surface area contributed by atoms with Gasteiger partial charge in [-0.3, -0.25) is 0 Å². The van der Waals surface area contributed by atoms with Crippen LogP contribution in [0.3, 0.4) is 0 Å². The predicted molar refractivity (Wildman–Crippen MR) is 178 cm³/mol. The molecule has 7 aliphatic rings. The molecule has 3 fully saturated rings. The Balaban J connectivity index is 1.17. The van der Waals surface area contributed by atoms with Crippen LogP contribution in [-0.2, 0) is 4.74 Å². The minimum Gasteiger partial charge on any atom is -0.366 e. The molecule has 0 radical (unpaired) electrons. The highest BCUT2D eigenvalue weighted by Crippen LogP contribution is 2.61. The number of nitrogens with zero attached hydrogens (tertiary/aromatic N) is 2. The topological polar surface area (TPSA) is 56.8 Å². The normalized spacial score (nSPS) is 41.3. The molecule has 3 nitrogen and oxygen atoms in total. The van der Waals surface area contributed by atoms with Gasteiger partial charge in [-0.05, 0) is 95.6 Å². The Kier molecular flexibility index (Phi) is 7.01. The van der Waals surface area contributed by atoms with Crippen LogP contribution in [-0.4, -0.2) is 22.7 Å². The molecule has 1 aromatic rings. The molecule has 0 bridgehead atoms. The van der Waals surface area contributed by atoms with Crippen LogP contribution in [0, 0.1) is 63.6 Å². The molecule has 1 aromatic carbocycles. The van der Waals surface area contributed by atoms with Crippen LogP contribution >= 0.6 is 11.8 Å². The summed E-state index contributed by atoms with van der Waals surface area (Å²) in [6, 6.07) is 10.4. The Labute approximate surface area is 266 Å². The van der Waals surface area contributed by atoms with E-state index in [1.807, 2.05) is 12.1 Å². The van der Waals surface area contributed by atoms with Gasteiger partial charge in [0.1, 0.15) is 0 Å². The van der Waals surface area contributed by atoms with Gasteiger partial charge in [0.15, 0.2) is 0 Å². The number of ether oxygens (including phenoxy) is 1. The molecule has 222 valence electrons. The van der Waals surface area contributed by atoms with Crippen LogP contribution in [0.25, 0.3) is 5.57 Å². The van der Waals surface area contributed by atoms with E-state index in [4.69, 9.17) is 4.74 Å². The van der Waals surface area contributed by atoms with E-state index in [2.05, 4.69) is 105 Å². The Hall–Kier alpha value is -3.31. The fraction of sp³-hybridized carbons (Fsp3) is 0.450. The van der Waals surface area contributed by atoms with Crippen LogP contribution in [0.5, 0.6) is 0 Å². The lowest BCUT2D eigenvalue weighted by Gasteiger charge is -2.51. The molecule has 2 saturated heterocycles. The van der Waals surface area contributed by atoms with Crippen molar-refractivity contribution in [1.82, 2.24) is 0 Å². The van der Waals surface area contributed by atoms with E-state index in [1.54, 1.807) is 6.07 Å². The predicted octanol–water partition coefficient (Wildman–Crippen LogP) is 8.88. The van der Waals surface area contributed by atoms with Gasteiger partial charge in [0.05, 0.1) is 35.5 Å². The number of allylic oxidation sites excluding steroid dienone is 10. The molecule has 44 heavy (non-hydrogen) atoms. The second-order valence-corrected chi connectivity index (χ2v) is 15.7. The van der Waals surface area contributed by atoms with Crippen molar-refractivity contribution in [3.8, 4) is 12.1 Å². The van der Waals surface area contributed by atoms with Crippen molar-refractivity contribution >= 4 is 17.3 Å². The molecule has 8 rings (SSSR count). The summed E-state index contributed by atoms with van der Waals surface area (Å²) in [5.74, 6) is 3.01. The van der Waals surface area contributed by atoms with Crippen molar-refractivity contribution in [3.05, 3.63) is 113 Å². The van der Waals surface area contributed by atoms with Crippen LogP contribution in [0.15, 0.2) is 96.2 Å². The molecule has 4 heteroatoms. The second-order valence-electron chi connectivity index (χ2n) is 14.3. The minimum absolute atomic E-state index is 0.151. The van der Waals surface area contributed by atoms with Gasteiger partial charge in [-0.1, -0.05) is 86.8 Å². The molecule has 0 amide bonds. The number of nitriles is 2. The molecule has 2 aliphatic heterocycles. The third kappa shape index (κ3) is 4.49. The first-order chi connectivity index (χ1) is 21.5. The van der Waals surface area contributed by atoms with Gasteiger partial charge in [0.25, 0.3) is 0 Å². The van der Waals surface area contributed by atoms with Crippen molar-refractivity contribution in [3.63, 3.8) is 0 Å². The van der Waals surface area contributed by atoms with Crippen molar-refractivity contribution in [2.75, 3.05) is 0 Å². The third-order valence-corrected chi connectivity index (χ3v) is 13.9. The molecule has 0 N–H and O–H groups in total. The first-order valence-electron chi connectivity index (χ1n) is 16.5. The van der Waals surface area contributed by atoms with Gasteiger partial charge in [-0.15, -0.1) is 0 Å². The summed E-state index contributed by atoms with van der Waals surface area (Å²) < 4.78 is 6.45. The fourth-order valence-corrected chi connectivity index (χ4v) is 11.6.